The molecule has 1 nitrogen and oxygen atoms in total. The lowest BCUT2D eigenvalue weighted by Gasteiger charge is -1.99. The van der Waals surface area contributed by atoms with Gasteiger partial charge in [-0.2, -0.15) is 0 Å². The summed E-state index contributed by atoms with van der Waals surface area (Å²) in [6, 6.07) is 13.7. The fraction of sp³-hybridized carbons (Fsp3) is 0. The molecule has 4 heteroatoms. The van der Waals surface area contributed by atoms with E-state index in [-0.39, 0.29) is 10.8 Å². The third-order valence-corrected chi connectivity index (χ3v) is 4.92. The first-order valence-electron chi connectivity index (χ1n) is 5.33. The average Bonchev–Trinajstić information content (AvgIpc) is 2.81. The molecule has 0 unspecified atom stereocenters. The van der Waals surface area contributed by atoms with Gasteiger partial charge in [0.25, 0.3) is 0 Å². The number of benzene rings is 2. The van der Waals surface area contributed by atoms with Crippen LogP contribution < -0.4 is 0 Å². The number of aromatic hydroxyl groups is 1. The number of thiophene rings is 1. The zero-order valence-electron chi connectivity index (χ0n) is 9.15. The molecule has 1 heterocycles. The first-order valence-corrected chi connectivity index (χ1v) is 6.90. The molecular formula is C14H8Cl2OS. The van der Waals surface area contributed by atoms with Crippen LogP contribution in [0.4, 0.5) is 0 Å². The molecule has 18 heavy (non-hydrogen) atoms. The Morgan fingerprint density at radius 3 is 2.39 bits per heavy atom. The summed E-state index contributed by atoms with van der Waals surface area (Å²) in [6.07, 6.45) is 0. The van der Waals surface area contributed by atoms with Gasteiger partial charge in [-0.15, -0.1) is 11.3 Å². The first kappa shape index (κ1) is 11.8. The standard InChI is InChI=1S/C14H8Cl2OS/c15-12-10(17)6-9-7-11(18-14(9)13(12)16)8-4-2-1-3-5-8/h1-7,17H. The molecule has 0 saturated carbocycles. The Bertz CT molecular complexity index is 719. The Morgan fingerprint density at radius 1 is 0.944 bits per heavy atom. The molecule has 3 rings (SSSR count). The minimum Gasteiger partial charge on any atom is -0.506 e. The second-order valence-electron chi connectivity index (χ2n) is 3.92. The molecule has 0 spiro atoms. The first-order chi connectivity index (χ1) is 8.66. The van der Waals surface area contributed by atoms with Crippen LogP contribution in [-0.2, 0) is 0 Å². The van der Waals surface area contributed by atoms with Crippen LogP contribution in [-0.4, -0.2) is 5.11 Å². The van der Waals surface area contributed by atoms with E-state index in [4.69, 9.17) is 23.2 Å². The molecule has 2 aromatic carbocycles. The number of fused-ring (bicyclic) bond motifs is 1. The van der Waals surface area contributed by atoms with Crippen molar-refractivity contribution in [2.75, 3.05) is 0 Å². The van der Waals surface area contributed by atoms with Gasteiger partial charge in [-0.3, -0.25) is 0 Å². The van der Waals surface area contributed by atoms with Crippen molar-refractivity contribution in [2.24, 2.45) is 0 Å². The molecule has 0 aliphatic carbocycles. The third kappa shape index (κ3) is 1.87. The van der Waals surface area contributed by atoms with Crippen LogP contribution in [0.25, 0.3) is 20.5 Å². The van der Waals surface area contributed by atoms with E-state index >= 15 is 0 Å². The molecule has 1 N–H and O–H groups in total. The average molecular weight is 295 g/mol. The Morgan fingerprint density at radius 2 is 1.67 bits per heavy atom. The van der Waals surface area contributed by atoms with Gasteiger partial charge in [0.1, 0.15) is 10.8 Å². The Labute approximate surface area is 118 Å². The van der Waals surface area contributed by atoms with E-state index in [0.29, 0.717) is 5.02 Å². The van der Waals surface area contributed by atoms with Crippen molar-refractivity contribution in [2.45, 2.75) is 0 Å². The lowest BCUT2D eigenvalue weighted by Crippen LogP contribution is -1.71. The minimum atomic E-state index is 0.0200. The highest BCUT2D eigenvalue weighted by molar-refractivity contribution is 7.23. The molecule has 0 aliphatic rings. The number of halogens is 2. The summed E-state index contributed by atoms with van der Waals surface area (Å²) in [7, 11) is 0. The zero-order valence-corrected chi connectivity index (χ0v) is 11.5. The van der Waals surface area contributed by atoms with E-state index in [1.165, 1.54) is 0 Å². The lowest BCUT2D eigenvalue weighted by molar-refractivity contribution is 0.476. The van der Waals surface area contributed by atoms with Crippen molar-refractivity contribution in [1.29, 1.82) is 0 Å². The summed E-state index contributed by atoms with van der Waals surface area (Å²) in [4.78, 5) is 1.11. The maximum Gasteiger partial charge on any atom is 0.136 e. The van der Waals surface area contributed by atoms with Gasteiger partial charge in [0, 0.05) is 4.88 Å². The fourth-order valence-corrected chi connectivity index (χ4v) is 3.47. The van der Waals surface area contributed by atoms with Crippen LogP contribution in [0.2, 0.25) is 10.0 Å². The number of hydrogen-bond donors (Lipinski definition) is 1. The van der Waals surface area contributed by atoms with E-state index in [0.717, 1.165) is 20.5 Å². The molecule has 0 fully saturated rings. The fourth-order valence-electron chi connectivity index (χ4n) is 1.85. The molecule has 0 aliphatic heterocycles. The molecule has 0 bridgehead atoms. The highest BCUT2D eigenvalue weighted by atomic mass is 35.5. The third-order valence-electron chi connectivity index (χ3n) is 2.73. The lowest BCUT2D eigenvalue weighted by atomic mass is 10.1. The predicted octanol–water partition coefficient (Wildman–Crippen LogP) is 5.58. The second-order valence-corrected chi connectivity index (χ2v) is 5.73. The van der Waals surface area contributed by atoms with Crippen molar-refractivity contribution in [3.63, 3.8) is 0 Å². The predicted molar refractivity (Wildman–Crippen MR) is 78.9 cm³/mol. The molecule has 0 atom stereocenters. The summed E-state index contributed by atoms with van der Waals surface area (Å²) in [5.74, 6) is 0.0200. The van der Waals surface area contributed by atoms with E-state index in [2.05, 4.69) is 0 Å². The van der Waals surface area contributed by atoms with Gasteiger partial charge in [0.05, 0.1) is 9.72 Å². The summed E-state index contributed by atoms with van der Waals surface area (Å²) in [5.41, 5.74) is 1.13. The molecule has 3 aromatic rings. The van der Waals surface area contributed by atoms with Gasteiger partial charge in [-0.05, 0) is 23.1 Å². The minimum absolute atomic E-state index is 0.0200. The summed E-state index contributed by atoms with van der Waals surface area (Å²) >= 11 is 13.7. The Balaban J connectivity index is 2.27. The van der Waals surface area contributed by atoms with Crippen LogP contribution in [0.1, 0.15) is 0 Å². The summed E-state index contributed by atoms with van der Waals surface area (Å²) in [5, 5.41) is 11.2. The molecule has 0 amide bonds. The normalized spacial score (nSPS) is 11.0. The van der Waals surface area contributed by atoms with Gasteiger partial charge in [0.2, 0.25) is 0 Å². The van der Waals surface area contributed by atoms with E-state index in [1.54, 1.807) is 17.4 Å². The van der Waals surface area contributed by atoms with E-state index < -0.39 is 0 Å². The smallest absolute Gasteiger partial charge is 0.136 e. The topological polar surface area (TPSA) is 20.2 Å². The molecule has 0 radical (unpaired) electrons. The molecule has 0 saturated heterocycles. The van der Waals surface area contributed by atoms with Crippen molar-refractivity contribution in [3.05, 3.63) is 52.5 Å². The Hall–Kier alpha value is -1.22. The molecule has 90 valence electrons. The monoisotopic (exact) mass is 294 g/mol. The van der Waals surface area contributed by atoms with E-state index in [1.807, 2.05) is 36.4 Å². The van der Waals surface area contributed by atoms with Crippen LogP contribution in [0.3, 0.4) is 0 Å². The van der Waals surface area contributed by atoms with Crippen molar-refractivity contribution in [1.82, 2.24) is 0 Å². The largest absolute Gasteiger partial charge is 0.506 e. The number of phenols is 1. The van der Waals surface area contributed by atoms with Crippen molar-refractivity contribution < 1.29 is 5.11 Å². The highest BCUT2D eigenvalue weighted by Gasteiger charge is 2.13. The summed E-state index contributed by atoms with van der Waals surface area (Å²) in [6.45, 7) is 0. The second kappa shape index (κ2) is 4.47. The maximum absolute atomic E-state index is 9.67. The van der Waals surface area contributed by atoms with Crippen molar-refractivity contribution in [3.8, 4) is 16.2 Å². The van der Waals surface area contributed by atoms with Crippen LogP contribution in [0.5, 0.6) is 5.75 Å². The molecule has 1 aromatic heterocycles. The quantitative estimate of drug-likeness (QED) is 0.621. The number of hydrogen-bond acceptors (Lipinski definition) is 2. The Kier molecular flexibility index (Phi) is 2.94. The molecular weight excluding hydrogens is 287 g/mol. The van der Waals surface area contributed by atoms with Gasteiger partial charge < -0.3 is 5.11 Å². The number of phenolic OH excluding ortho intramolecular Hbond substituents is 1. The maximum atomic E-state index is 9.67. The van der Waals surface area contributed by atoms with Crippen LogP contribution >= 0.6 is 34.5 Å². The van der Waals surface area contributed by atoms with E-state index in [9.17, 15) is 5.11 Å². The zero-order chi connectivity index (χ0) is 12.7. The summed E-state index contributed by atoms with van der Waals surface area (Å²) < 4.78 is 0.901. The SMILES string of the molecule is Oc1cc2cc(-c3ccccc3)sc2c(Cl)c1Cl. The number of rotatable bonds is 1. The van der Waals surface area contributed by atoms with Crippen LogP contribution in [0, 0.1) is 0 Å². The van der Waals surface area contributed by atoms with Crippen molar-refractivity contribution >= 4 is 44.6 Å². The van der Waals surface area contributed by atoms with Gasteiger partial charge in [-0.25, -0.2) is 0 Å². The van der Waals surface area contributed by atoms with Gasteiger partial charge in [0.15, 0.2) is 0 Å². The highest BCUT2D eigenvalue weighted by Crippen LogP contribution is 2.44. The van der Waals surface area contributed by atoms with Gasteiger partial charge in [-0.1, -0.05) is 53.5 Å². The van der Waals surface area contributed by atoms with Crippen LogP contribution in [0.15, 0.2) is 42.5 Å². The van der Waals surface area contributed by atoms with Gasteiger partial charge >= 0.3 is 0 Å².